The summed E-state index contributed by atoms with van der Waals surface area (Å²) in [4.78, 5) is 16.1. The van der Waals surface area contributed by atoms with Gasteiger partial charge in [0.25, 0.3) is 10.0 Å². The van der Waals surface area contributed by atoms with E-state index in [9.17, 15) is 13.2 Å². The van der Waals surface area contributed by atoms with E-state index in [2.05, 4.69) is 15.0 Å². The summed E-state index contributed by atoms with van der Waals surface area (Å²) < 4.78 is 34.9. The number of fused-ring (bicyclic) bond motifs is 1. The van der Waals surface area contributed by atoms with Crippen LogP contribution < -0.4 is 14.8 Å². The molecule has 0 saturated heterocycles. The van der Waals surface area contributed by atoms with Crippen molar-refractivity contribution in [3.05, 3.63) is 66.2 Å². The number of nitrogens with zero attached hydrogens (tertiary/aromatic N) is 1. The van der Waals surface area contributed by atoms with Gasteiger partial charge in [-0.05, 0) is 67.1 Å². The average molecular weight is 468 g/mol. The lowest BCUT2D eigenvalue weighted by Gasteiger charge is -2.13. The number of benzene rings is 3. The average Bonchev–Trinajstić information content (AvgIpc) is 3.18. The van der Waals surface area contributed by atoms with Gasteiger partial charge in [0, 0.05) is 18.2 Å². The van der Waals surface area contributed by atoms with Crippen LogP contribution in [-0.4, -0.2) is 26.4 Å². The van der Waals surface area contributed by atoms with E-state index in [0.29, 0.717) is 5.69 Å². The highest BCUT2D eigenvalue weighted by Crippen LogP contribution is 2.33. The first-order chi connectivity index (χ1) is 15.2. The van der Waals surface area contributed by atoms with Gasteiger partial charge in [-0.1, -0.05) is 6.07 Å². The molecule has 0 atom stereocenters. The molecule has 0 spiro atoms. The quantitative estimate of drug-likeness (QED) is 0.414. The number of ether oxygens (including phenoxy) is 1. The largest absolute Gasteiger partial charge is 0.497 e. The summed E-state index contributed by atoms with van der Waals surface area (Å²) >= 11 is 1.54. The molecule has 3 aromatic carbocycles. The monoisotopic (exact) mass is 467 g/mol. The third kappa shape index (κ3) is 4.58. The van der Waals surface area contributed by atoms with Crippen molar-refractivity contribution < 1.29 is 17.9 Å². The number of amides is 1. The number of aryl methyl sites for hydroxylation is 1. The summed E-state index contributed by atoms with van der Waals surface area (Å²) in [6.07, 6.45) is 0. The van der Waals surface area contributed by atoms with Crippen molar-refractivity contribution in [2.24, 2.45) is 0 Å². The second-order valence-corrected chi connectivity index (χ2v) is 9.90. The minimum atomic E-state index is -3.91. The summed E-state index contributed by atoms with van der Waals surface area (Å²) in [6.45, 7) is 3.12. The Kier molecular flexibility index (Phi) is 5.86. The van der Waals surface area contributed by atoms with Gasteiger partial charge in [0.1, 0.15) is 15.7 Å². The third-order valence-electron chi connectivity index (χ3n) is 4.72. The maximum atomic E-state index is 13.0. The first kappa shape index (κ1) is 21.8. The molecule has 1 aromatic heterocycles. The fraction of sp³-hybridized carbons (Fsp3) is 0.130. The second kappa shape index (κ2) is 8.60. The summed E-state index contributed by atoms with van der Waals surface area (Å²) in [7, 11) is -2.29. The van der Waals surface area contributed by atoms with Crippen LogP contribution in [0.15, 0.2) is 65.6 Å². The predicted octanol–water partition coefficient (Wildman–Crippen LogP) is 5.04. The lowest BCUT2D eigenvalue weighted by atomic mass is 10.2. The third-order valence-corrected chi connectivity index (χ3v) is 7.21. The zero-order valence-electron chi connectivity index (χ0n) is 17.7. The highest BCUT2D eigenvalue weighted by Gasteiger charge is 2.20. The number of nitrogens with one attached hydrogen (secondary N) is 2. The summed E-state index contributed by atoms with van der Waals surface area (Å²) in [5.74, 6) is 0.426. The lowest BCUT2D eigenvalue weighted by molar-refractivity contribution is -0.114. The number of aromatic nitrogens is 1. The van der Waals surface area contributed by atoms with E-state index in [-0.39, 0.29) is 16.5 Å². The maximum Gasteiger partial charge on any atom is 0.263 e. The van der Waals surface area contributed by atoms with Crippen LogP contribution in [0.3, 0.4) is 0 Å². The Balaban J connectivity index is 1.60. The Labute approximate surface area is 190 Å². The summed E-state index contributed by atoms with van der Waals surface area (Å²) in [6, 6.07) is 17.6. The van der Waals surface area contributed by atoms with Crippen LogP contribution in [-0.2, 0) is 14.8 Å². The molecule has 0 aliphatic rings. The number of rotatable bonds is 6. The van der Waals surface area contributed by atoms with Crippen LogP contribution in [0.4, 0.5) is 11.4 Å². The molecule has 9 heteroatoms. The van der Waals surface area contributed by atoms with Crippen molar-refractivity contribution in [2.45, 2.75) is 18.7 Å². The Morgan fingerprint density at radius 3 is 2.47 bits per heavy atom. The van der Waals surface area contributed by atoms with Gasteiger partial charge >= 0.3 is 0 Å². The minimum absolute atomic E-state index is 0.0110. The molecule has 0 aliphatic heterocycles. The number of hydrogen-bond acceptors (Lipinski definition) is 6. The fourth-order valence-corrected chi connectivity index (χ4v) is 5.50. The first-order valence-corrected chi connectivity index (χ1v) is 12.0. The summed E-state index contributed by atoms with van der Waals surface area (Å²) in [5, 5.41) is 3.40. The van der Waals surface area contributed by atoms with Crippen molar-refractivity contribution in [3.63, 3.8) is 0 Å². The Morgan fingerprint density at radius 1 is 1.03 bits per heavy atom. The van der Waals surface area contributed by atoms with Crippen LogP contribution in [0.5, 0.6) is 5.75 Å². The highest BCUT2D eigenvalue weighted by atomic mass is 32.2. The molecule has 32 heavy (non-hydrogen) atoms. The molecule has 0 unspecified atom stereocenters. The molecule has 1 amide bonds. The van der Waals surface area contributed by atoms with Crippen molar-refractivity contribution in [2.75, 3.05) is 17.1 Å². The van der Waals surface area contributed by atoms with Crippen LogP contribution in [0, 0.1) is 6.92 Å². The number of thiazole rings is 1. The van der Waals surface area contributed by atoms with E-state index >= 15 is 0 Å². The van der Waals surface area contributed by atoms with Crippen molar-refractivity contribution in [1.82, 2.24) is 4.98 Å². The molecule has 2 N–H and O–H groups in total. The van der Waals surface area contributed by atoms with E-state index in [4.69, 9.17) is 4.74 Å². The topological polar surface area (TPSA) is 97.4 Å². The van der Waals surface area contributed by atoms with Crippen molar-refractivity contribution >= 4 is 48.9 Å². The number of hydrogen-bond donors (Lipinski definition) is 2. The lowest BCUT2D eigenvalue weighted by Crippen LogP contribution is -2.17. The molecular formula is C23H21N3O4S2. The number of anilines is 2. The smallest absolute Gasteiger partial charge is 0.263 e. The zero-order chi connectivity index (χ0) is 22.9. The van der Waals surface area contributed by atoms with Gasteiger partial charge in [-0.2, -0.15) is 0 Å². The number of carbonyl (C=O) groups is 1. The van der Waals surface area contributed by atoms with E-state index in [1.165, 1.54) is 24.3 Å². The molecule has 7 nitrogen and oxygen atoms in total. The van der Waals surface area contributed by atoms with E-state index < -0.39 is 10.0 Å². The molecule has 0 bridgehead atoms. The van der Waals surface area contributed by atoms with Crippen LogP contribution in [0.2, 0.25) is 0 Å². The van der Waals surface area contributed by atoms with Gasteiger partial charge in [0.05, 0.1) is 23.0 Å². The van der Waals surface area contributed by atoms with Gasteiger partial charge in [0.15, 0.2) is 0 Å². The van der Waals surface area contributed by atoms with Crippen molar-refractivity contribution in [3.8, 4) is 16.3 Å². The Morgan fingerprint density at radius 2 is 1.78 bits per heavy atom. The SMILES string of the molecule is COc1ccc2nc(-c3ccc(NS(=O)(=O)c4cc(C)ccc4NC(C)=O)cc3)sc2c1. The molecule has 164 valence electrons. The molecular weight excluding hydrogens is 446 g/mol. The Hall–Kier alpha value is -3.43. The zero-order valence-corrected chi connectivity index (χ0v) is 19.3. The number of sulfonamides is 1. The maximum absolute atomic E-state index is 13.0. The van der Waals surface area contributed by atoms with E-state index in [1.807, 2.05) is 30.3 Å². The van der Waals surface area contributed by atoms with Gasteiger partial charge in [-0.25, -0.2) is 13.4 Å². The van der Waals surface area contributed by atoms with Gasteiger partial charge in [0.2, 0.25) is 5.91 Å². The van der Waals surface area contributed by atoms with Gasteiger partial charge in [-0.15, -0.1) is 11.3 Å². The van der Waals surface area contributed by atoms with Gasteiger partial charge < -0.3 is 10.1 Å². The van der Waals surface area contributed by atoms with Gasteiger partial charge in [-0.3, -0.25) is 9.52 Å². The van der Waals surface area contributed by atoms with Crippen LogP contribution in [0.1, 0.15) is 12.5 Å². The molecule has 1 heterocycles. The second-order valence-electron chi connectivity index (χ2n) is 7.22. The molecule has 4 aromatic rings. The fourth-order valence-electron chi connectivity index (χ4n) is 3.19. The molecule has 0 radical (unpaired) electrons. The minimum Gasteiger partial charge on any atom is -0.497 e. The molecule has 4 rings (SSSR count). The number of carbonyl (C=O) groups excluding carboxylic acids is 1. The van der Waals surface area contributed by atoms with Crippen LogP contribution >= 0.6 is 11.3 Å². The first-order valence-electron chi connectivity index (χ1n) is 9.71. The molecule has 0 aliphatic carbocycles. The molecule has 0 fully saturated rings. The summed E-state index contributed by atoms with van der Waals surface area (Å²) in [5.41, 5.74) is 3.16. The normalized spacial score (nSPS) is 11.3. The molecule has 0 saturated carbocycles. The Bertz CT molecular complexity index is 1410. The van der Waals surface area contributed by atoms with Crippen molar-refractivity contribution in [1.29, 1.82) is 0 Å². The van der Waals surface area contributed by atoms with E-state index in [1.54, 1.807) is 38.3 Å². The highest BCUT2D eigenvalue weighted by molar-refractivity contribution is 7.92. The van der Waals surface area contributed by atoms with Crippen LogP contribution in [0.25, 0.3) is 20.8 Å². The predicted molar refractivity (Wildman–Crippen MR) is 128 cm³/mol. The number of methoxy groups -OCH3 is 1. The van der Waals surface area contributed by atoms with E-state index in [0.717, 1.165) is 32.1 Å². The standard InChI is InChI=1S/C23H21N3O4S2/c1-14-4-10-20(24-15(2)27)22(12-14)32(28,29)26-17-7-5-16(6-8-17)23-25-19-11-9-18(30-3)13-21(19)31-23/h4-13,26H,1-3H3,(H,24,27).